The van der Waals surface area contributed by atoms with E-state index < -0.39 is 0 Å². The molecular weight excluding hydrogens is 314 g/mol. The van der Waals surface area contributed by atoms with Crippen LogP contribution in [0.5, 0.6) is 0 Å². The molecule has 0 atom stereocenters. The second kappa shape index (κ2) is 5.63. The van der Waals surface area contributed by atoms with E-state index in [9.17, 15) is 4.79 Å². The van der Waals surface area contributed by atoms with Gasteiger partial charge in [0.1, 0.15) is 0 Å². The van der Waals surface area contributed by atoms with E-state index in [0.29, 0.717) is 5.33 Å². The Morgan fingerprint density at radius 3 is 2.45 bits per heavy atom. The van der Waals surface area contributed by atoms with Gasteiger partial charge in [-0.1, -0.05) is 64.5 Å². The van der Waals surface area contributed by atoms with Gasteiger partial charge in [0.25, 0.3) is 0 Å². The lowest BCUT2D eigenvalue weighted by molar-refractivity contribution is 0.102. The van der Waals surface area contributed by atoms with Gasteiger partial charge in [-0.25, -0.2) is 0 Å². The van der Waals surface area contributed by atoms with Crippen molar-refractivity contribution in [3.63, 3.8) is 0 Å². The number of hydrogen-bond donors (Lipinski definition) is 0. The van der Waals surface area contributed by atoms with Crippen molar-refractivity contribution in [1.29, 1.82) is 0 Å². The van der Waals surface area contributed by atoms with E-state index in [2.05, 4.69) is 38.7 Å². The summed E-state index contributed by atoms with van der Waals surface area (Å²) in [5, 5.41) is 1.37. The number of halogens is 1. The van der Waals surface area contributed by atoms with Gasteiger partial charge < -0.3 is 4.57 Å². The molecule has 0 N–H and O–H groups in total. The van der Waals surface area contributed by atoms with Gasteiger partial charge in [-0.2, -0.15) is 0 Å². The smallest absolute Gasteiger partial charge is 0.175 e. The average Bonchev–Trinajstić information content (AvgIpc) is 2.87. The molecule has 0 saturated heterocycles. The fourth-order valence-corrected chi connectivity index (χ4v) is 2.75. The molecule has 3 heteroatoms. The number of alkyl halides is 1. The number of nitrogens with zero attached hydrogens (tertiary/aromatic N) is 1. The Hall–Kier alpha value is -1.87. The highest BCUT2D eigenvalue weighted by molar-refractivity contribution is 9.09. The first-order valence-corrected chi connectivity index (χ1v) is 7.62. The van der Waals surface area contributed by atoms with Crippen LogP contribution >= 0.6 is 15.9 Å². The molecule has 20 heavy (non-hydrogen) atoms. The number of para-hydroxylation sites is 1. The molecule has 0 fully saturated rings. The van der Waals surface area contributed by atoms with Gasteiger partial charge in [0.05, 0.1) is 5.33 Å². The summed E-state index contributed by atoms with van der Waals surface area (Å²) >= 11 is 3.25. The summed E-state index contributed by atoms with van der Waals surface area (Å²) in [5.41, 5.74) is 3.11. The summed E-state index contributed by atoms with van der Waals surface area (Å²) in [7, 11) is 0. The van der Waals surface area contributed by atoms with Gasteiger partial charge >= 0.3 is 0 Å². The van der Waals surface area contributed by atoms with E-state index in [1.807, 2.05) is 42.6 Å². The zero-order chi connectivity index (χ0) is 13.9. The Morgan fingerprint density at radius 1 is 1.00 bits per heavy atom. The molecule has 1 heterocycles. The van der Waals surface area contributed by atoms with Crippen molar-refractivity contribution >= 4 is 32.6 Å². The molecule has 0 aliphatic carbocycles. The lowest BCUT2D eigenvalue weighted by Crippen LogP contribution is -2.00. The second-order valence-corrected chi connectivity index (χ2v) is 5.29. The summed E-state index contributed by atoms with van der Waals surface area (Å²) in [5.74, 6) is 0.119. The standard InChI is InChI=1S/C17H14BrNO/c18-10-17(20)15-12-19(11-13-6-2-1-3-7-13)16-9-5-4-8-14(15)16/h1-9,12H,10-11H2. The molecule has 0 amide bonds. The molecule has 100 valence electrons. The summed E-state index contributed by atoms with van der Waals surface area (Å²) in [6.07, 6.45) is 1.96. The molecule has 3 aromatic rings. The zero-order valence-corrected chi connectivity index (χ0v) is 12.5. The predicted molar refractivity (Wildman–Crippen MR) is 85.6 cm³/mol. The lowest BCUT2D eigenvalue weighted by atomic mass is 10.1. The van der Waals surface area contributed by atoms with Crippen molar-refractivity contribution in [1.82, 2.24) is 4.57 Å². The van der Waals surface area contributed by atoms with Crippen LogP contribution in [-0.2, 0) is 6.54 Å². The average molecular weight is 328 g/mol. The van der Waals surface area contributed by atoms with Crippen molar-refractivity contribution in [2.45, 2.75) is 6.54 Å². The quantitative estimate of drug-likeness (QED) is 0.518. The molecule has 0 bridgehead atoms. The monoisotopic (exact) mass is 327 g/mol. The Labute approximate surface area is 126 Å². The van der Waals surface area contributed by atoms with E-state index in [-0.39, 0.29) is 5.78 Å². The van der Waals surface area contributed by atoms with Crippen LogP contribution in [0.25, 0.3) is 10.9 Å². The third kappa shape index (κ3) is 2.41. The molecule has 0 aliphatic heterocycles. The minimum atomic E-state index is 0.119. The topological polar surface area (TPSA) is 22.0 Å². The highest BCUT2D eigenvalue weighted by atomic mass is 79.9. The van der Waals surface area contributed by atoms with Crippen LogP contribution in [0.2, 0.25) is 0 Å². The minimum Gasteiger partial charge on any atom is -0.342 e. The van der Waals surface area contributed by atoms with E-state index >= 15 is 0 Å². The number of rotatable bonds is 4. The van der Waals surface area contributed by atoms with Crippen LogP contribution in [0.3, 0.4) is 0 Å². The van der Waals surface area contributed by atoms with Crippen LogP contribution < -0.4 is 0 Å². The summed E-state index contributed by atoms with van der Waals surface area (Å²) in [4.78, 5) is 12.0. The van der Waals surface area contributed by atoms with Gasteiger partial charge in [-0.3, -0.25) is 4.79 Å². The molecule has 1 aromatic heterocycles. The zero-order valence-electron chi connectivity index (χ0n) is 10.9. The van der Waals surface area contributed by atoms with Crippen LogP contribution in [0.4, 0.5) is 0 Å². The lowest BCUT2D eigenvalue weighted by Gasteiger charge is -2.05. The van der Waals surface area contributed by atoms with Crippen LogP contribution in [0.15, 0.2) is 60.8 Å². The number of carbonyl (C=O) groups is 1. The second-order valence-electron chi connectivity index (χ2n) is 4.73. The summed E-state index contributed by atoms with van der Waals surface area (Å²) in [6, 6.07) is 18.3. The van der Waals surface area contributed by atoms with Crippen LogP contribution in [0.1, 0.15) is 15.9 Å². The molecule has 3 rings (SSSR count). The van der Waals surface area contributed by atoms with E-state index in [0.717, 1.165) is 23.0 Å². The molecule has 0 spiro atoms. The molecule has 0 aliphatic rings. The van der Waals surface area contributed by atoms with Crippen molar-refractivity contribution in [3.8, 4) is 0 Å². The Balaban J connectivity index is 2.09. The highest BCUT2D eigenvalue weighted by Crippen LogP contribution is 2.23. The SMILES string of the molecule is O=C(CBr)c1cn(Cc2ccccc2)c2ccccc12. The van der Waals surface area contributed by atoms with Gasteiger partial charge in [-0.15, -0.1) is 0 Å². The normalized spacial score (nSPS) is 10.8. The number of aromatic nitrogens is 1. The Kier molecular flexibility index (Phi) is 3.70. The van der Waals surface area contributed by atoms with E-state index in [4.69, 9.17) is 0 Å². The first-order valence-electron chi connectivity index (χ1n) is 6.50. The molecule has 0 unspecified atom stereocenters. The molecular formula is C17H14BrNO. The van der Waals surface area contributed by atoms with Crippen LogP contribution in [-0.4, -0.2) is 15.7 Å². The molecule has 2 nitrogen and oxygen atoms in total. The van der Waals surface area contributed by atoms with Crippen molar-refractivity contribution in [2.75, 3.05) is 5.33 Å². The first kappa shape index (κ1) is 13.1. The van der Waals surface area contributed by atoms with Gasteiger partial charge in [-0.05, 0) is 11.6 Å². The Bertz CT molecular complexity index is 746. The van der Waals surface area contributed by atoms with Gasteiger partial charge in [0, 0.05) is 29.2 Å². The van der Waals surface area contributed by atoms with E-state index in [1.54, 1.807) is 0 Å². The maximum atomic E-state index is 12.0. The third-order valence-corrected chi connectivity index (χ3v) is 3.92. The summed E-state index contributed by atoms with van der Waals surface area (Å²) in [6.45, 7) is 0.775. The number of fused-ring (bicyclic) bond motifs is 1. The number of benzene rings is 2. The molecule has 0 radical (unpaired) electrons. The summed E-state index contributed by atoms with van der Waals surface area (Å²) < 4.78 is 2.14. The Morgan fingerprint density at radius 2 is 1.70 bits per heavy atom. The molecule has 2 aromatic carbocycles. The van der Waals surface area contributed by atoms with Crippen molar-refractivity contribution in [2.24, 2.45) is 0 Å². The highest BCUT2D eigenvalue weighted by Gasteiger charge is 2.13. The van der Waals surface area contributed by atoms with Gasteiger partial charge in [0.2, 0.25) is 0 Å². The van der Waals surface area contributed by atoms with Gasteiger partial charge in [0.15, 0.2) is 5.78 Å². The van der Waals surface area contributed by atoms with Crippen LogP contribution in [0, 0.1) is 0 Å². The van der Waals surface area contributed by atoms with Crippen molar-refractivity contribution in [3.05, 3.63) is 71.9 Å². The minimum absolute atomic E-state index is 0.119. The maximum absolute atomic E-state index is 12.0. The number of ketones is 1. The number of Topliss-reactive ketones (excluding diaryl/α,β-unsaturated/α-hetero) is 1. The maximum Gasteiger partial charge on any atom is 0.175 e. The fraction of sp³-hybridized carbons (Fsp3) is 0.118. The number of carbonyl (C=O) groups excluding carboxylic acids is 1. The fourth-order valence-electron chi connectivity index (χ4n) is 2.45. The molecule has 0 saturated carbocycles. The predicted octanol–water partition coefficient (Wildman–Crippen LogP) is 4.27. The van der Waals surface area contributed by atoms with Crippen molar-refractivity contribution < 1.29 is 4.79 Å². The largest absolute Gasteiger partial charge is 0.342 e. The number of hydrogen-bond acceptors (Lipinski definition) is 1. The third-order valence-electron chi connectivity index (χ3n) is 3.41. The van der Waals surface area contributed by atoms with E-state index in [1.165, 1.54) is 5.56 Å². The first-order chi connectivity index (χ1) is 9.79.